The van der Waals surface area contributed by atoms with Crippen LogP contribution in [-0.2, 0) is 0 Å². The normalized spacial score (nSPS) is 18.8. The van der Waals surface area contributed by atoms with Crippen LogP contribution in [0, 0.1) is 6.92 Å². The highest BCUT2D eigenvalue weighted by molar-refractivity contribution is 6.32. The summed E-state index contributed by atoms with van der Waals surface area (Å²) in [5, 5.41) is 4.37. The SMILES string of the molecule is COc1ncc(Cl)c(N2CCCC(c3nc(C)no3)C2)n1. The fourth-order valence-electron chi connectivity index (χ4n) is 2.51. The Morgan fingerprint density at radius 3 is 3.00 bits per heavy atom. The number of hydrogen-bond donors (Lipinski definition) is 0. The van der Waals surface area contributed by atoms with Crippen molar-refractivity contribution in [2.24, 2.45) is 0 Å². The number of halogens is 1. The second-order valence-corrected chi connectivity index (χ2v) is 5.40. The van der Waals surface area contributed by atoms with Gasteiger partial charge in [0.05, 0.1) is 19.2 Å². The Balaban J connectivity index is 1.83. The number of ether oxygens (including phenoxy) is 1. The largest absolute Gasteiger partial charge is 0.467 e. The first-order valence-corrected chi connectivity index (χ1v) is 7.17. The summed E-state index contributed by atoms with van der Waals surface area (Å²) in [4.78, 5) is 14.8. The van der Waals surface area contributed by atoms with Gasteiger partial charge in [0.1, 0.15) is 5.02 Å². The van der Waals surface area contributed by atoms with Crippen LogP contribution in [0.2, 0.25) is 5.02 Å². The van der Waals surface area contributed by atoms with Crippen molar-refractivity contribution in [3.05, 3.63) is 22.9 Å². The Morgan fingerprint density at radius 2 is 2.29 bits per heavy atom. The van der Waals surface area contributed by atoms with Crippen LogP contribution in [0.5, 0.6) is 6.01 Å². The van der Waals surface area contributed by atoms with Gasteiger partial charge in [0.25, 0.3) is 0 Å². The number of methoxy groups -OCH3 is 1. The van der Waals surface area contributed by atoms with Gasteiger partial charge in [-0.2, -0.15) is 9.97 Å². The van der Waals surface area contributed by atoms with Gasteiger partial charge in [-0.1, -0.05) is 16.8 Å². The second kappa shape index (κ2) is 5.85. The van der Waals surface area contributed by atoms with Crippen LogP contribution in [-0.4, -0.2) is 40.3 Å². The Hall–Kier alpha value is -1.89. The summed E-state index contributed by atoms with van der Waals surface area (Å²) in [6.07, 6.45) is 3.58. The maximum absolute atomic E-state index is 6.21. The molecule has 0 amide bonds. The fourth-order valence-corrected chi connectivity index (χ4v) is 2.72. The van der Waals surface area contributed by atoms with E-state index in [1.165, 1.54) is 7.11 Å². The Bertz CT molecular complexity index is 633. The van der Waals surface area contributed by atoms with E-state index in [1.54, 1.807) is 6.20 Å². The lowest BCUT2D eigenvalue weighted by atomic mass is 9.98. The Labute approximate surface area is 127 Å². The van der Waals surface area contributed by atoms with Crippen LogP contribution in [0.15, 0.2) is 10.7 Å². The Kier molecular flexibility index (Phi) is 3.92. The van der Waals surface area contributed by atoms with Crippen LogP contribution in [0.3, 0.4) is 0 Å². The molecule has 1 saturated heterocycles. The molecule has 7 nitrogen and oxygen atoms in total. The van der Waals surface area contributed by atoms with E-state index in [-0.39, 0.29) is 5.92 Å². The molecule has 21 heavy (non-hydrogen) atoms. The first-order valence-electron chi connectivity index (χ1n) is 6.79. The average Bonchev–Trinajstić information content (AvgIpc) is 2.94. The molecule has 0 radical (unpaired) electrons. The average molecular weight is 310 g/mol. The predicted octanol–water partition coefficient (Wildman–Crippen LogP) is 2.21. The van der Waals surface area contributed by atoms with E-state index in [9.17, 15) is 0 Å². The van der Waals surface area contributed by atoms with E-state index in [4.69, 9.17) is 20.9 Å². The first kappa shape index (κ1) is 14.1. The lowest BCUT2D eigenvalue weighted by Gasteiger charge is -2.32. The van der Waals surface area contributed by atoms with Crippen molar-refractivity contribution in [3.8, 4) is 6.01 Å². The molecule has 1 unspecified atom stereocenters. The molecule has 8 heteroatoms. The third-order valence-electron chi connectivity index (χ3n) is 3.50. The standard InChI is InChI=1S/C13H16ClN5O2/c1-8-16-12(21-18-8)9-4-3-5-19(7-9)11-10(14)6-15-13(17-11)20-2/h6,9H,3-5,7H2,1-2H3. The number of aryl methyl sites for hydroxylation is 1. The fraction of sp³-hybridized carbons (Fsp3) is 0.538. The van der Waals surface area contributed by atoms with Gasteiger partial charge in [-0.15, -0.1) is 0 Å². The van der Waals surface area contributed by atoms with Gasteiger partial charge in [-0.05, 0) is 19.8 Å². The lowest BCUT2D eigenvalue weighted by molar-refractivity contribution is 0.330. The molecule has 1 atom stereocenters. The van der Waals surface area contributed by atoms with E-state index < -0.39 is 0 Å². The van der Waals surface area contributed by atoms with Crippen molar-refractivity contribution in [2.45, 2.75) is 25.7 Å². The molecule has 0 saturated carbocycles. The highest BCUT2D eigenvalue weighted by Gasteiger charge is 2.27. The van der Waals surface area contributed by atoms with Crippen molar-refractivity contribution < 1.29 is 9.26 Å². The van der Waals surface area contributed by atoms with Gasteiger partial charge < -0.3 is 14.2 Å². The van der Waals surface area contributed by atoms with Crippen molar-refractivity contribution in [1.82, 2.24) is 20.1 Å². The van der Waals surface area contributed by atoms with Crippen molar-refractivity contribution in [2.75, 3.05) is 25.1 Å². The molecule has 0 spiro atoms. The monoisotopic (exact) mass is 309 g/mol. The summed E-state index contributed by atoms with van der Waals surface area (Å²) >= 11 is 6.21. The minimum atomic E-state index is 0.192. The third kappa shape index (κ3) is 2.92. The van der Waals surface area contributed by atoms with Crippen LogP contribution >= 0.6 is 11.6 Å². The zero-order valence-corrected chi connectivity index (χ0v) is 12.7. The molecule has 2 aromatic rings. The molecule has 3 rings (SSSR count). The van der Waals surface area contributed by atoms with Crippen molar-refractivity contribution in [1.29, 1.82) is 0 Å². The molecule has 3 heterocycles. The first-order chi connectivity index (χ1) is 10.2. The molecular formula is C13H16ClN5O2. The number of piperidine rings is 1. The molecule has 0 aliphatic carbocycles. The van der Waals surface area contributed by atoms with Crippen molar-refractivity contribution >= 4 is 17.4 Å². The van der Waals surface area contributed by atoms with Gasteiger partial charge in [0.15, 0.2) is 11.6 Å². The number of rotatable bonds is 3. The maximum atomic E-state index is 6.21. The van der Waals surface area contributed by atoms with E-state index >= 15 is 0 Å². The summed E-state index contributed by atoms with van der Waals surface area (Å²) < 4.78 is 10.4. The molecule has 2 aromatic heterocycles. The quantitative estimate of drug-likeness (QED) is 0.860. The van der Waals surface area contributed by atoms with Gasteiger partial charge >= 0.3 is 6.01 Å². The topological polar surface area (TPSA) is 77.2 Å². The van der Waals surface area contributed by atoms with Gasteiger partial charge in [-0.3, -0.25) is 0 Å². The molecule has 1 aliphatic rings. The molecular weight excluding hydrogens is 294 g/mol. The van der Waals surface area contributed by atoms with E-state index in [1.807, 2.05) is 6.92 Å². The number of hydrogen-bond acceptors (Lipinski definition) is 7. The molecule has 1 fully saturated rings. The minimum Gasteiger partial charge on any atom is -0.467 e. The molecule has 0 aromatic carbocycles. The molecule has 0 bridgehead atoms. The van der Waals surface area contributed by atoms with E-state index in [0.29, 0.717) is 28.6 Å². The third-order valence-corrected chi connectivity index (χ3v) is 3.77. The van der Waals surface area contributed by atoms with Crippen LogP contribution in [0.4, 0.5) is 5.82 Å². The summed E-state index contributed by atoms with van der Waals surface area (Å²) in [6, 6.07) is 0.310. The van der Waals surface area contributed by atoms with Crippen LogP contribution in [0.1, 0.15) is 30.5 Å². The predicted molar refractivity (Wildman–Crippen MR) is 76.8 cm³/mol. The second-order valence-electron chi connectivity index (χ2n) is 4.99. The lowest BCUT2D eigenvalue weighted by Crippen LogP contribution is -2.35. The zero-order valence-electron chi connectivity index (χ0n) is 11.9. The summed E-state index contributed by atoms with van der Waals surface area (Å²) in [5.74, 6) is 2.21. The summed E-state index contributed by atoms with van der Waals surface area (Å²) in [7, 11) is 1.53. The van der Waals surface area contributed by atoms with Crippen molar-refractivity contribution in [3.63, 3.8) is 0 Å². The zero-order chi connectivity index (χ0) is 14.8. The Morgan fingerprint density at radius 1 is 1.43 bits per heavy atom. The van der Waals surface area contributed by atoms with Crippen LogP contribution < -0.4 is 9.64 Å². The maximum Gasteiger partial charge on any atom is 0.318 e. The highest BCUT2D eigenvalue weighted by Crippen LogP contribution is 2.32. The van der Waals surface area contributed by atoms with E-state index in [2.05, 4.69) is 25.0 Å². The number of anilines is 1. The summed E-state index contributed by atoms with van der Waals surface area (Å²) in [6.45, 7) is 3.44. The molecule has 1 aliphatic heterocycles. The van der Waals surface area contributed by atoms with Gasteiger partial charge in [-0.25, -0.2) is 4.98 Å². The number of nitrogens with zero attached hydrogens (tertiary/aromatic N) is 5. The smallest absolute Gasteiger partial charge is 0.318 e. The number of aromatic nitrogens is 4. The summed E-state index contributed by atoms with van der Waals surface area (Å²) in [5.41, 5.74) is 0. The molecule has 0 N–H and O–H groups in total. The van der Waals surface area contributed by atoms with E-state index in [0.717, 1.165) is 25.9 Å². The minimum absolute atomic E-state index is 0.192. The molecule has 112 valence electrons. The van der Waals surface area contributed by atoms with Gasteiger partial charge in [0.2, 0.25) is 5.89 Å². The van der Waals surface area contributed by atoms with Gasteiger partial charge in [0, 0.05) is 13.1 Å². The van der Waals surface area contributed by atoms with Crippen LogP contribution in [0.25, 0.3) is 0 Å². The highest BCUT2D eigenvalue weighted by atomic mass is 35.5.